The van der Waals surface area contributed by atoms with Crippen LogP contribution in [0.3, 0.4) is 0 Å². The van der Waals surface area contributed by atoms with E-state index >= 15 is 0 Å². The normalized spacial score (nSPS) is 11.5. The summed E-state index contributed by atoms with van der Waals surface area (Å²) in [5.74, 6) is 1.12. The van der Waals surface area contributed by atoms with Gasteiger partial charge in [0.15, 0.2) is 0 Å². The SMILES string of the molecule is CCCCCC(C)(C)CNc1nccc(N)n1. The Morgan fingerprint density at radius 3 is 2.76 bits per heavy atom. The number of nitrogens with zero attached hydrogens (tertiary/aromatic N) is 2. The minimum absolute atomic E-state index is 0.267. The second kappa shape index (κ2) is 6.42. The van der Waals surface area contributed by atoms with Gasteiger partial charge in [-0.2, -0.15) is 4.98 Å². The van der Waals surface area contributed by atoms with Gasteiger partial charge in [-0.25, -0.2) is 4.98 Å². The highest BCUT2D eigenvalue weighted by atomic mass is 15.1. The molecule has 0 aliphatic rings. The number of hydrogen-bond acceptors (Lipinski definition) is 4. The Morgan fingerprint density at radius 2 is 2.12 bits per heavy atom. The highest BCUT2D eigenvalue weighted by molar-refractivity contribution is 5.35. The molecule has 0 aliphatic carbocycles. The monoisotopic (exact) mass is 236 g/mol. The second-order valence-corrected chi connectivity index (χ2v) is 5.28. The van der Waals surface area contributed by atoms with Crippen molar-refractivity contribution < 1.29 is 0 Å². The van der Waals surface area contributed by atoms with Gasteiger partial charge in [-0.3, -0.25) is 0 Å². The summed E-state index contributed by atoms with van der Waals surface area (Å²) in [4.78, 5) is 8.27. The summed E-state index contributed by atoms with van der Waals surface area (Å²) in [7, 11) is 0. The summed E-state index contributed by atoms with van der Waals surface area (Å²) < 4.78 is 0. The van der Waals surface area contributed by atoms with Crippen LogP contribution in [0.5, 0.6) is 0 Å². The van der Waals surface area contributed by atoms with Crippen LogP contribution in [0.15, 0.2) is 12.3 Å². The van der Waals surface area contributed by atoms with Gasteiger partial charge in [0.2, 0.25) is 5.95 Å². The van der Waals surface area contributed by atoms with E-state index in [1.807, 2.05) is 0 Å². The molecule has 4 heteroatoms. The Balaban J connectivity index is 2.38. The molecule has 0 aliphatic heterocycles. The molecule has 0 bridgehead atoms. The van der Waals surface area contributed by atoms with Crippen molar-refractivity contribution in [3.63, 3.8) is 0 Å². The largest absolute Gasteiger partial charge is 0.384 e. The number of anilines is 2. The molecule has 0 unspecified atom stereocenters. The summed E-state index contributed by atoms with van der Waals surface area (Å²) >= 11 is 0. The van der Waals surface area contributed by atoms with Gasteiger partial charge in [0.1, 0.15) is 5.82 Å². The minimum atomic E-state index is 0.267. The molecule has 0 atom stereocenters. The van der Waals surface area contributed by atoms with E-state index in [1.54, 1.807) is 12.3 Å². The van der Waals surface area contributed by atoms with Crippen molar-refractivity contribution in [3.05, 3.63) is 12.3 Å². The van der Waals surface area contributed by atoms with Gasteiger partial charge in [-0.1, -0.05) is 40.0 Å². The molecule has 1 aromatic heterocycles. The van der Waals surface area contributed by atoms with Gasteiger partial charge in [0.25, 0.3) is 0 Å². The van der Waals surface area contributed by atoms with Gasteiger partial charge >= 0.3 is 0 Å². The van der Waals surface area contributed by atoms with E-state index in [9.17, 15) is 0 Å². The zero-order valence-electron chi connectivity index (χ0n) is 11.2. The number of unbranched alkanes of at least 4 members (excludes halogenated alkanes) is 2. The maximum absolute atomic E-state index is 5.61. The van der Waals surface area contributed by atoms with Crippen LogP contribution in [0.25, 0.3) is 0 Å². The van der Waals surface area contributed by atoms with Crippen molar-refractivity contribution in [2.75, 3.05) is 17.6 Å². The molecular formula is C13H24N4. The third-order valence-corrected chi connectivity index (χ3v) is 2.86. The van der Waals surface area contributed by atoms with E-state index in [2.05, 4.69) is 36.1 Å². The van der Waals surface area contributed by atoms with Crippen molar-refractivity contribution in [2.24, 2.45) is 5.41 Å². The van der Waals surface area contributed by atoms with Gasteiger partial charge in [-0.05, 0) is 17.9 Å². The molecule has 0 aromatic carbocycles. The molecule has 0 radical (unpaired) electrons. The summed E-state index contributed by atoms with van der Waals surface area (Å²) in [6.07, 6.45) is 6.74. The van der Waals surface area contributed by atoms with Gasteiger partial charge in [0, 0.05) is 12.7 Å². The number of hydrogen-bond donors (Lipinski definition) is 2. The molecule has 3 N–H and O–H groups in total. The van der Waals surface area contributed by atoms with E-state index in [0.717, 1.165) is 6.54 Å². The molecule has 1 aromatic rings. The lowest BCUT2D eigenvalue weighted by atomic mass is 9.87. The Morgan fingerprint density at radius 1 is 1.35 bits per heavy atom. The first-order chi connectivity index (χ1) is 8.03. The second-order valence-electron chi connectivity index (χ2n) is 5.28. The van der Waals surface area contributed by atoms with Crippen LogP contribution in [0.2, 0.25) is 0 Å². The van der Waals surface area contributed by atoms with Crippen LogP contribution in [-0.4, -0.2) is 16.5 Å². The number of aromatic nitrogens is 2. The first-order valence-electron chi connectivity index (χ1n) is 6.36. The molecule has 1 heterocycles. The molecule has 4 nitrogen and oxygen atoms in total. The number of nitrogens with one attached hydrogen (secondary N) is 1. The third-order valence-electron chi connectivity index (χ3n) is 2.86. The lowest BCUT2D eigenvalue weighted by Gasteiger charge is -2.24. The Bertz CT molecular complexity index is 336. The number of nitrogen functional groups attached to an aromatic ring is 1. The van der Waals surface area contributed by atoms with Crippen LogP contribution >= 0.6 is 0 Å². The van der Waals surface area contributed by atoms with Crippen LogP contribution in [0.1, 0.15) is 46.5 Å². The van der Waals surface area contributed by atoms with Crippen molar-refractivity contribution in [1.29, 1.82) is 0 Å². The van der Waals surface area contributed by atoms with Crippen molar-refractivity contribution in [2.45, 2.75) is 46.5 Å². The Labute approximate surface area is 104 Å². The molecule has 0 saturated heterocycles. The maximum atomic E-state index is 5.61. The zero-order valence-corrected chi connectivity index (χ0v) is 11.2. The van der Waals surface area contributed by atoms with Crippen LogP contribution in [-0.2, 0) is 0 Å². The van der Waals surface area contributed by atoms with E-state index < -0.39 is 0 Å². The maximum Gasteiger partial charge on any atom is 0.224 e. The van der Waals surface area contributed by atoms with Gasteiger partial charge < -0.3 is 11.1 Å². The summed E-state index contributed by atoms with van der Waals surface area (Å²) in [5.41, 5.74) is 5.87. The van der Waals surface area contributed by atoms with Gasteiger partial charge in [0.05, 0.1) is 0 Å². The predicted molar refractivity (Wildman–Crippen MR) is 72.9 cm³/mol. The average Bonchev–Trinajstić information content (AvgIpc) is 2.27. The third kappa shape index (κ3) is 5.52. The molecule has 1 rings (SSSR count). The highest BCUT2D eigenvalue weighted by Gasteiger charge is 2.17. The Kier molecular flexibility index (Phi) is 5.19. The van der Waals surface area contributed by atoms with E-state index in [-0.39, 0.29) is 5.41 Å². The summed E-state index contributed by atoms with van der Waals surface area (Å²) in [6, 6.07) is 1.69. The average molecular weight is 236 g/mol. The van der Waals surface area contributed by atoms with Crippen molar-refractivity contribution in [1.82, 2.24) is 9.97 Å². The molecule has 0 amide bonds. The smallest absolute Gasteiger partial charge is 0.224 e. The molecule has 0 spiro atoms. The van der Waals surface area contributed by atoms with Crippen molar-refractivity contribution in [3.8, 4) is 0 Å². The quantitative estimate of drug-likeness (QED) is 0.714. The Hall–Kier alpha value is -1.32. The molecule has 0 fully saturated rings. The van der Waals surface area contributed by atoms with Gasteiger partial charge in [-0.15, -0.1) is 0 Å². The topological polar surface area (TPSA) is 63.8 Å². The fourth-order valence-electron chi connectivity index (χ4n) is 1.72. The highest BCUT2D eigenvalue weighted by Crippen LogP contribution is 2.23. The van der Waals surface area contributed by atoms with Crippen LogP contribution < -0.4 is 11.1 Å². The lowest BCUT2D eigenvalue weighted by Crippen LogP contribution is -2.24. The minimum Gasteiger partial charge on any atom is -0.384 e. The number of nitrogens with two attached hydrogens (primary N) is 1. The molecule has 96 valence electrons. The number of rotatable bonds is 7. The van der Waals surface area contributed by atoms with Crippen molar-refractivity contribution >= 4 is 11.8 Å². The summed E-state index contributed by atoms with van der Waals surface area (Å²) in [6.45, 7) is 7.63. The molecular weight excluding hydrogens is 212 g/mol. The predicted octanol–water partition coefficient (Wildman–Crippen LogP) is 3.08. The van der Waals surface area contributed by atoms with Crippen LogP contribution in [0.4, 0.5) is 11.8 Å². The molecule has 17 heavy (non-hydrogen) atoms. The van der Waals surface area contributed by atoms with E-state index in [4.69, 9.17) is 5.73 Å². The zero-order chi connectivity index (χ0) is 12.7. The van der Waals surface area contributed by atoms with E-state index in [0.29, 0.717) is 11.8 Å². The fourth-order valence-corrected chi connectivity index (χ4v) is 1.72. The van der Waals surface area contributed by atoms with E-state index in [1.165, 1.54) is 25.7 Å². The lowest BCUT2D eigenvalue weighted by molar-refractivity contribution is 0.342. The fraction of sp³-hybridized carbons (Fsp3) is 0.692. The standard InChI is InChI=1S/C13H24N4/c1-4-5-6-8-13(2,3)10-16-12-15-9-7-11(14)17-12/h7,9H,4-6,8,10H2,1-3H3,(H3,14,15,16,17). The first-order valence-corrected chi connectivity index (χ1v) is 6.36. The summed E-state index contributed by atoms with van der Waals surface area (Å²) in [5, 5.41) is 3.25. The van der Waals surface area contributed by atoms with Crippen LogP contribution in [0, 0.1) is 5.41 Å². The first kappa shape index (κ1) is 13.7. The molecule has 0 saturated carbocycles.